The summed E-state index contributed by atoms with van der Waals surface area (Å²) in [5, 5.41) is 3.24. The second kappa shape index (κ2) is 7.98. The monoisotopic (exact) mass is 201 g/mol. The van der Waals surface area contributed by atoms with E-state index < -0.39 is 0 Å². The maximum absolute atomic E-state index is 4.90. The quantitative estimate of drug-likeness (QED) is 0.551. The fraction of sp³-hybridized carbons (Fsp3) is 0.444. The maximum Gasteiger partial charge on any atom is 0.0587 e. The lowest BCUT2D eigenvalue weighted by atomic mass is 10.3. The summed E-state index contributed by atoms with van der Waals surface area (Å²) in [4.78, 5) is 4.01. The Morgan fingerprint density at radius 2 is 2.38 bits per heavy atom. The van der Waals surface area contributed by atoms with Gasteiger partial charge in [0.15, 0.2) is 0 Å². The van der Waals surface area contributed by atoms with Crippen LogP contribution < -0.4 is 17.7 Å². The van der Waals surface area contributed by atoms with Crippen LogP contribution in [0.4, 0.5) is 0 Å². The van der Waals surface area contributed by atoms with Crippen molar-refractivity contribution in [2.75, 3.05) is 20.3 Å². The van der Waals surface area contributed by atoms with Crippen molar-refractivity contribution >= 4 is 0 Å². The molecule has 0 saturated carbocycles. The van der Waals surface area contributed by atoms with Crippen molar-refractivity contribution in [1.29, 1.82) is 0 Å². The zero-order chi connectivity index (χ0) is 8.65. The standard InChI is InChI=1S/C9H14N2O.ClH/c1-12-6-5-11-8-9-3-2-4-10-7-9;/h2-4,7,11H,5-6,8H2,1H3;1H/p-1. The second-order valence-corrected chi connectivity index (χ2v) is 2.53. The van der Waals surface area contributed by atoms with Crippen LogP contribution in [0.25, 0.3) is 0 Å². The lowest BCUT2D eigenvalue weighted by Gasteiger charge is -2.02. The van der Waals surface area contributed by atoms with Gasteiger partial charge in [0.05, 0.1) is 6.61 Å². The number of aromatic nitrogens is 1. The molecule has 0 fully saturated rings. The van der Waals surface area contributed by atoms with E-state index in [0.29, 0.717) is 0 Å². The van der Waals surface area contributed by atoms with Gasteiger partial charge in [-0.3, -0.25) is 4.98 Å². The van der Waals surface area contributed by atoms with Crippen molar-refractivity contribution in [2.45, 2.75) is 6.54 Å². The Balaban J connectivity index is 0.00000144. The Morgan fingerprint density at radius 1 is 1.54 bits per heavy atom. The van der Waals surface area contributed by atoms with Gasteiger partial charge in [0, 0.05) is 32.6 Å². The minimum atomic E-state index is 0. The molecule has 0 atom stereocenters. The Morgan fingerprint density at radius 3 is 3.00 bits per heavy atom. The van der Waals surface area contributed by atoms with E-state index in [-0.39, 0.29) is 12.4 Å². The van der Waals surface area contributed by atoms with Crippen molar-refractivity contribution in [3.8, 4) is 0 Å². The predicted molar refractivity (Wildman–Crippen MR) is 47.8 cm³/mol. The third-order valence-corrected chi connectivity index (χ3v) is 1.53. The first-order chi connectivity index (χ1) is 5.93. The van der Waals surface area contributed by atoms with Gasteiger partial charge in [-0.05, 0) is 11.6 Å². The van der Waals surface area contributed by atoms with Gasteiger partial charge in [0.2, 0.25) is 0 Å². The van der Waals surface area contributed by atoms with Gasteiger partial charge >= 0.3 is 0 Å². The average Bonchev–Trinajstić information content (AvgIpc) is 2.14. The van der Waals surface area contributed by atoms with Crippen molar-refractivity contribution in [2.24, 2.45) is 0 Å². The molecule has 0 unspecified atom stereocenters. The Kier molecular flexibility index (Phi) is 7.59. The molecule has 0 radical (unpaired) electrons. The van der Waals surface area contributed by atoms with Gasteiger partial charge in [-0.2, -0.15) is 0 Å². The molecule has 1 aromatic rings. The molecule has 1 heterocycles. The van der Waals surface area contributed by atoms with Crippen LogP contribution in [0.3, 0.4) is 0 Å². The lowest BCUT2D eigenvalue weighted by molar-refractivity contribution is -0.00000294. The van der Waals surface area contributed by atoms with Crippen LogP contribution in [0, 0.1) is 0 Å². The first kappa shape index (κ1) is 12.4. The number of rotatable bonds is 5. The molecule has 1 aromatic heterocycles. The van der Waals surface area contributed by atoms with E-state index >= 15 is 0 Å². The first-order valence-corrected chi connectivity index (χ1v) is 4.02. The minimum Gasteiger partial charge on any atom is -1.00 e. The van der Waals surface area contributed by atoms with Crippen molar-refractivity contribution in [1.82, 2.24) is 10.3 Å². The maximum atomic E-state index is 4.90. The van der Waals surface area contributed by atoms with Crippen molar-refractivity contribution in [3.63, 3.8) is 0 Å². The lowest BCUT2D eigenvalue weighted by Crippen LogP contribution is -3.00. The van der Waals surface area contributed by atoms with Crippen LogP contribution >= 0.6 is 0 Å². The summed E-state index contributed by atoms with van der Waals surface area (Å²) in [5.41, 5.74) is 1.20. The Labute approximate surface area is 84.9 Å². The average molecular weight is 202 g/mol. The molecule has 0 aliphatic heterocycles. The smallest absolute Gasteiger partial charge is 0.0587 e. The molecule has 0 bridgehead atoms. The van der Waals surface area contributed by atoms with E-state index in [1.807, 2.05) is 18.3 Å². The summed E-state index contributed by atoms with van der Waals surface area (Å²) < 4.78 is 4.90. The number of halogens is 1. The van der Waals surface area contributed by atoms with Gasteiger partial charge in [-0.1, -0.05) is 6.07 Å². The number of nitrogens with one attached hydrogen (secondary N) is 1. The van der Waals surface area contributed by atoms with Crippen molar-refractivity contribution < 1.29 is 17.1 Å². The zero-order valence-electron chi connectivity index (χ0n) is 7.66. The SMILES string of the molecule is COCCNCc1cccnc1.[Cl-]. The molecule has 0 spiro atoms. The number of methoxy groups -OCH3 is 1. The van der Waals surface area contributed by atoms with E-state index in [9.17, 15) is 0 Å². The second-order valence-electron chi connectivity index (χ2n) is 2.53. The van der Waals surface area contributed by atoms with Crippen LogP contribution in [0.2, 0.25) is 0 Å². The zero-order valence-corrected chi connectivity index (χ0v) is 8.42. The normalized spacial score (nSPS) is 9.31. The fourth-order valence-electron chi connectivity index (χ4n) is 0.910. The molecular weight excluding hydrogens is 188 g/mol. The van der Waals surface area contributed by atoms with E-state index in [2.05, 4.69) is 10.3 Å². The summed E-state index contributed by atoms with van der Waals surface area (Å²) in [5.74, 6) is 0. The van der Waals surface area contributed by atoms with Crippen LogP contribution in [-0.4, -0.2) is 25.2 Å². The predicted octanol–water partition coefficient (Wildman–Crippen LogP) is -2.18. The van der Waals surface area contributed by atoms with E-state index in [0.717, 1.165) is 19.7 Å². The number of pyridine rings is 1. The Hall–Kier alpha value is -0.640. The molecule has 3 nitrogen and oxygen atoms in total. The molecule has 74 valence electrons. The molecule has 0 aliphatic carbocycles. The van der Waals surface area contributed by atoms with Crippen LogP contribution in [0.15, 0.2) is 24.5 Å². The summed E-state index contributed by atoms with van der Waals surface area (Å²) in [6.07, 6.45) is 3.64. The molecule has 1 rings (SSSR count). The number of nitrogens with zero attached hydrogens (tertiary/aromatic N) is 1. The minimum absolute atomic E-state index is 0. The highest BCUT2D eigenvalue weighted by molar-refractivity contribution is 5.07. The van der Waals surface area contributed by atoms with Crippen LogP contribution in [0.1, 0.15) is 5.56 Å². The molecule has 0 saturated heterocycles. The molecule has 0 aliphatic rings. The topological polar surface area (TPSA) is 34.1 Å². The largest absolute Gasteiger partial charge is 1.00 e. The molecule has 13 heavy (non-hydrogen) atoms. The molecule has 0 aromatic carbocycles. The van der Waals surface area contributed by atoms with E-state index in [4.69, 9.17) is 4.74 Å². The highest BCUT2D eigenvalue weighted by atomic mass is 35.5. The highest BCUT2D eigenvalue weighted by Gasteiger charge is 1.89. The summed E-state index contributed by atoms with van der Waals surface area (Å²) in [7, 11) is 1.70. The Bertz CT molecular complexity index is 206. The van der Waals surface area contributed by atoms with Crippen LogP contribution in [0.5, 0.6) is 0 Å². The van der Waals surface area contributed by atoms with Crippen molar-refractivity contribution in [3.05, 3.63) is 30.1 Å². The van der Waals surface area contributed by atoms with E-state index in [1.165, 1.54) is 5.56 Å². The van der Waals surface area contributed by atoms with Gasteiger partial charge in [0.1, 0.15) is 0 Å². The third-order valence-electron chi connectivity index (χ3n) is 1.53. The van der Waals surface area contributed by atoms with Gasteiger partial charge < -0.3 is 22.5 Å². The molecule has 1 N–H and O–H groups in total. The van der Waals surface area contributed by atoms with Crippen LogP contribution in [-0.2, 0) is 11.3 Å². The molecule has 4 heteroatoms. The van der Waals surface area contributed by atoms with Gasteiger partial charge in [-0.15, -0.1) is 0 Å². The summed E-state index contributed by atoms with van der Waals surface area (Å²) >= 11 is 0. The number of ether oxygens (including phenoxy) is 1. The number of hydrogen-bond donors (Lipinski definition) is 1. The molecular formula is C9H14ClN2O-. The van der Waals surface area contributed by atoms with Gasteiger partial charge in [-0.25, -0.2) is 0 Å². The van der Waals surface area contributed by atoms with E-state index in [1.54, 1.807) is 13.3 Å². The summed E-state index contributed by atoms with van der Waals surface area (Å²) in [6, 6.07) is 3.99. The first-order valence-electron chi connectivity index (χ1n) is 4.02. The highest BCUT2D eigenvalue weighted by Crippen LogP contribution is 1.93. The fourth-order valence-corrected chi connectivity index (χ4v) is 0.910. The van der Waals surface area contributed by atoms with Gasteiger partial charge in [0.25, 0.3) is 0 Å². The summed E-state index contributed by atoms with van der Waals surface area (Å²) in [6.45, 7) is 2.49. The molecule has 0 amide bonds. The third kappa shape index (κ3) is 5.58. The number of hydrogen-bond acceptors (Lipinski definition) is 3.